The third kappa shape index (κ3) is 2.21. The Hall–Kier alpha value is -1.88. The highest BCUT2D eigenvalue weighted by Gasteiger charge is 2.36. The summed E-state index contributed by atoms with van der Waals surface area (Å²) >= 11 is 0. The summed E-state index contributed by atoms with van der Waals surface area (Å²) in [5.74, 6) is -0.242. The van der Waals surface area contributed by atoms with E-state index in [0.29, 0.717) is 11.6 Å². The zero-order valence-electron chi connectivity index (χ0n) is 11.0. The van der Waals surface area contributed by atoms with Gasteiger partial charge in [0.05, 0.1) is 7.11 Å². The predicted octanol–water partition coefficient (Wildman–Crippen LogP) is 2.14. The Morgan fingerprint density at radius 1 is 1.53 bits per heavy atom. The number of hydrogen-bond acceptors (Lipinski definition) is 5. The van der Waals surface area contributed by atoms with Gasteiger partial charge < -0.3 is 9.15 Å². The number of carbonyl (C=O) groups is 1. The number of ether oxygens (including phenoxy) is 1. The van der Waals surface area contributed by atoms with Crippen molar-refractivity contribution in [2.75, 3.05) is 14.2 Å². The molecule has 0 radical (unpaired) electrons. The van der Waals surface area contributed by atoms with Crippen molar-refractivity contribution in [3.05, 3.63) is 30.2 Å². The Morgan fingerprint density at radius 2 is 2.32 bits per heavy atom. The number of fused-ring (bicyclic) bond motifs is 1. The summed E-state index contributed by atoms with van der Waals surface area (Å²) < 4.78 is 10.2. The third-order valence-corrected chi connectivity index (χ3v) is 3.63. The van der Waals surface area contributed by atoms with E-state index in [0.717, 1.165) is 23.9 Å². The normalized spacial score (nSPS) is 16.8. The van der Waals surface area contributed by atoms with Gasteiger partial charge in [0, 0.05) is 6.04 Å². The van der Waals surface area contributed by atoms with Gasteiger partial charge in [-0.1, -0.05) is 6.07 Å². The van der Waals surface area contributed by atoms with Gasteiger partial charge in [-0.15, -0.1) is 0 Å². The van der Waals surface area contributed by atoms with Crippen LogP contribution >= 0.6 is 0 Å². The second-order valence-electron chi connectivity index (χ2n) is 4.90. The first-order valence-electron chi connectivity index (χ1n) is 6.33. The van der Waals surface area contributed by atoms with Crippen LogP contribution in [0.15, 0.2) is 29.0 Å². The first kappa shape index (κ1) is 12.2. The van der Waals surface area contributed by atoms with Gasteiger partial charge in [-0.2, -0.15) is 0 Å². The lowest BCUT2D eigenvalue weighted by Gasteiger charge is -2.25. The average Bonchev–Trinajstić information content (AvgIpc) is 3.17. The molecule has 1 aromatic carbocycles. The zero-order valence-corrected chi connectivity index (χ0v) is 11.0. The number of carbonyl (C=O) groups excluding carboxylic acids is 1. The molecule has 1 aliphatic rings. The first-order valence-corrected chi connectivity index (χ1v) is 6.33. The van der Waals surface area contributed by atoms with Crippen LogP contribution < -0.4 is 0 Å². The molecule has 1 unspecified atom stereocenters. The number of rotatable bonds is 4. The molecule has 1 saturated carbocycles. The molecule has 0 aliphatic heterocycles. The lowest BCUT2D eigenvalue weighted by Crippen LogP contribution is -2.33. The monoisotopic (exact) mass is 260 g/mol. The van der Waals surface area contributed by atoms with Gasteiger partial charge in [0.1, 0.15) is 11.6 Å². The fourth-order valence-electron chi connectivity index (χ4n) is 2.38. The van der Waals surface area contributed by atoms with Crippen molar-refractivity contribution >= 4 is 17.1 Å². The van der Waals surface area contributed by atoms with E-state index in [-0.39, 0.29) is 12.0 Å². The largest absolute Gasteiger partial charge is 0.468 e. The Balaban J connectivity index is 1.99. The van der Waals surface area contributed by atoms with Crippen LogP contribution in [0.4, 0.5) is 0 Å². The number of aromatic nitrogens is 1. The summed E-state index contributed by atoms with van der Waals surface area (Å²) in [5.41, 5.74) is 2.36. The van der Waals surface area contributed by atoms with Gasteiger partial charge >= 0.3 is 5.97 Å². The highest BCUT2D eigenvalue weighted by Crippen LogP contribution is 2.34. The van der Waals surface area contributed by atoms with Crippen molar-refractivity contribution < 1.29 is 13.9 Å². The van der Waals surface area contributed by atoms with Crippen molar-refractivity contribution in [2.24, 2.45) is 0 Å². The van der Waals surface area contributed by atoms with Crippen LogP contribution in [-0.4, -0.2) is 36.1 Å². The molecule has 100 valence electrons. The minimum absolute atomic E-state index is 0.242. The van der Waals surface area contributed by atoms with Gasteiger partial charge in [0.25, 0.3) is 0 Å². The molecular weight excluding hydrogens is 244 g/mol. The number of esters is 1. The molecule has 0 spiro atoms. The smallest absolute Gasteiger partial charge is 0.327 e. The topological polar surface area (TPSA) is 55.6 Å². The van der Waals surface area contributed by atoms with Crippen LogP contribution in [0.1, 0.15) is 24.4 Å². The maximum atomic E-state index is 12.1. The van der Waals surface area contributed by atoms with Gasteiger partial charge in [-0.25, -0.2) is 9.78 Å². The fraction of sp³-hybridized carbons (Fsp3) is 0.429. The van der Waals surface area contributed by atoms with Crippen molar-refractivity contribution in [1.82, 2.24) is 9.88 Å². The molecule has 19 heavy (non-hydrogen) atoms. The second-order valence-corrected chi connectivity index (χ2v) is 4.90. The molecule has 1 fully saturated rings. The lowest BCUT2D eigenvalue weighted by atomic mass is 10.0. The first-order chi connectivity index (χ1) is 9.20. The minimum atomic E-state index is -0.382. The number of benzene rings is 1. The molecule has 3 rings (SSSR count). The highest BCUT2D eigenvalue weighted by atomic mass is 16.5. The van der Waals surface area contributed by atoms with Gasteiger partial charge in [-0.05, 0) is 37.6 Å². The highest BCUT2D eigenvalue weighted by molar-refractivity contribution is 5.80. The quantitative estimate of drug-likeness (QED) is 0.788. The Labute approximate surface area is 111 Å². The van der Waals surface area contributed by atoms with Gasteiger partial charge in [0.2, 0.25) is 0 Å². The zero-order chi connectivity index (χ0) is 13.4. The molecule has 2 aromatic rings. The van der Waals surface area contributed by atoms with Crippen molar-refractivity contribution in [2.45, 2.75) is 24.9 Å². The lowest BCUT2D eigenvalue weighted by molar-refractivity contribution is -0.147. The molecular formula is C14H16N2O3. The van der Waals surface area contributed by atoms with Crippen LogP contribution in [0.25, 0.3) is 11.1 Å². The third-order valence-electron chi connectivity index (χ3n) is 3.63. The number of hydrogen-bond donors (Lipinski definition) is 0. The maximum Gasteiger partial charge on any atom is 0.327 e. The molecule has 1 heterocycles. The molecule has 0 bridgehead atoms. The van der Waals surface area contributed by atoms with Crippen LogP contribution in [-0.2, 0) is 9.53 Å². The van der Waals surface area contributed by atoms with E-state index in [2.05, 4.69) is 9.88 Å². The summed E-state index contributed by atoms with van der Waals surface area (Å²) in [4.78, 5) is 18.2. The minimum Gasteiger partial charge on any atom is -0.468 e. The van der Waals surface area contributed by atoms with Crippen molar-refractivity contribution in [3.63, 3.8) is 0 Å². The molecule has 5 nitrogen and oxygen atoms in total. The van der Waals surface area contributed by atoms with E-state index < -0.39 is 0 Å². The number of likely N-dealkylation sites (N-methyl/N-ethyl adjacent to an activating group) is 1. The predicted molar refractivity (Wildman–Crippen MR) is 69.6 cm³/mol. The molecule has 1 aliphatic carbocycles. The Morgan fingerprint density at radius 3 is 3.00 bits per heavy atom. The molecule has 1 atom stereocenters. The molecule has 5 heteroatoms. The maximum absolute atomic E-state index is 12.1. The average molecular weight is 260 g/mol. The fourth-order valence-corrected chi connectivity index (χ4v) is 2.38. The van der Waals surface area contributed by atoms with Crippen LogP contribution in [0.5, 0.6) is 0 Å². The van der Waals surface area contributed by atoms with Crippen LogP contribution in [0.2, 0.25) is 0 Å². The number of oxazole rings is 1. The van der Waals surface area contributed by atoms with E-state index in [4.69, 9.17) is 9.15 Å². The van der Waals surface area contributed by atoms with Gasteiger partial charge in [-0.3, -0.25) is 4.90 Å². The van der Waals surface area contributed by atoms with E-state index in [1.54, 1.807) is 0 Å². The van der Waals surface area contributed by atoms with E-state index in [9.17, 15) is 4.79 Å². The number of methoxy groups -OCH3 is 1. The van der Waals surface area contributed by atoms with Crippen molar-refractivity contribution in [1.29, 1.82) is 0 Å². The van der Waals surface area contributed by atoms with Crippen LogP contribution in [0, 0.1) is 0 Å². The summed E-state index contributed by atoms with van der Waals surface area (Å²) in [6.45, 7) is 0. The summed E-state index contributed by atoms with van der Waals surface area (Å²) in [5, 5.41) is 0. The number of nitrogens with zero attached hydrogens (tertiary/aromatic N) is 2. The summed E-state index contributed by atoms with van der Waals surface area (Å²) in [6, 6.07) is 5.72. The van der Waals surface area contributed by atoms with E-state index in [1.807, 2.05) is 25.2 Å². The summed E-state index contributed by atoms with van der Waals surface area (Å²) in [7, 11) is 3.38. The SMILES string of the molecule is COC(=O)C(c1ccc2ncoc2c1)N(C)C1CC1. The van der Waals surface area contributed by atoms with Crippen LogP contribution in [0.3, 0.4) is 0 Å². The molecule has 0 saturated heterocycles. The molecule has 0 amide bonds. The molecule has 0 N–H and O–H groups in total. The standard InChI is InChI=1S/C14H16N2O3/c1-16(10-4-5-10)13(14(17)18-2)9-3-6-11-12(7-9)19-8-15-11/h3,6-8,10,13H,4-5H2,1-2H3. The van der Waals surface area contributed by atoms with E-state index in [1.165, 1.54) is 13.5 Å². The molecule has 1 aromatic heterocycles. The summed E-state index contributed by atoms with van der Waals surface area (Å²) in [6.07, 6.45) is 3.68. The van der Waals surface area contributed by atoms with Gasteiger partial charge in [0.15, 0.2) is 12.0 Å². The Kier molecular flexibility index (Phi) is 2.98. The van der Waals surface area contributed by atoms with E-state index >= 15 is 0 Å². The Bertz CT molecular complexity index is 604. The van der Waals surface area contributed by atoms with Crippen molar-refractivity contribution in [3.8, 4) is 0 Å². The second kappa shape index (κ2) is 4.66.